The molecule has 0 saturated carbocycles. The molecule has 0 heterocycles. The van der Waals surface area contributed by atoms with Crippen LogP contribution in [-0.2, 0) is 20.7 Å². The lowest BCUT2D eigenvalue weighted by Crippen LogP contribution is -2.21. The quantitative estimate of drug-likeness (QED) is 0.821. The van der Waals surface area contributed by atoms with Crippen LogP contribution in [0.25, 0.3) is 0 Å². The highest BCUT2D eigenvalue weighted by molar-refractivity contribution is 6.30. The Labute approximate surface area is 138 Å². The maximum absolute atomic E-state index is 12.8. The van der Waals surface area contributed by atoms with Gasteiger partial charge in [0.1, 0.15) is 5.82 Å². The molecule has 4 nitrogen and oxygen atoms in total. The van der Waals surface area contributed by atoms with Gasteiger partial charge in [0.2, 0.25) is 0 Å². The van der Waals surface area contributed by atoms with Crippen LogP contribution in [0.2, 0.25) is 5.02 Å². The largest absolute Gasteiger partial charge is 0.456 e. The Hall–Kier alpha value is -2.40. The summed E-state index contributed by atoms with van der Waals surface area (Å²) in [6.45, 7) is -0.366. The van der Waals surface area contributed by atoms with Crippen LogP contribution in [0.4, 0.5) is 10.1 Å². The number of carbonyl (C=O) groups excluding carboxylic acids is 2. The summed E-state index contributed by atoms with van der Waals surface area (Å²) in [5, 5.41) is 3.08. The Morgan fingerprint density at radius 3 is 2.57 bits per heavy atom. The molecule has 0 aliphatic rings. The smallest absolute Gasteiger partial charge is 0.306 e. The van der Waals surface area contributed by atoms with Gasteiger partial charge in [0.15, 0.2) is 6.61 Å². The molecule has 2 rings (SSSR count). The minimum Gasteiger partial charge on any atom is -0.456 e. The Morgan fingerprint density at radius 1 is 1.13 bits per heavy atom. The van der Waals surface area contributed by atoms with Gasteiger partial charge in [-0.2, -0.15) is 0 Å². The molecule has 2 aromatic carbocycles. The molecule has 6 heteroatoms. The summed E-state index contributed by atoms with van der Waals surface area (Å²) in [4.78, 5) is 23.3. The molecule has 2 aromatic rings. The first-order valence-electron chi connectivity index (χ1n) is 6.98. The topological polar surface area (TPSA) is 55.4 Å². The molecule has 0 bridgehead atoms. The highest BCUT2D eigenvalue weighted by Gasteiger charge is 2.08. The van der Waals surface area contributed by atoms with Gasteiger partial charge >= 0.3 is 5.97 Å². The Bertz CT molecular complexity index is 688. The zero-order valence-electron chi connectivity index (χ0n) is 12.2. The molecule has 0 atom stereocenters. The lowest BCUT2D eigenvalue weighted by molar-refractivity contribution is -0.147. The number of benzene rings is 2. The van der Waals surface area contributed by atoms with E-state index in [9.17, 15) is 14.0 Å². The normalized spacial score (nSPS) is 10.2. The lowest BCUT2D eigenvalue weighted by atomic mass is 10.1. The van der Waals surface area contributed by atoms with E-state index in [2.05, 4.69) is 5.32 Å². The molecule has 0 aliphatic heterocycles. The van der Waals surface area contributed by atoms with Crippen LogP contribution in [0.15, 0.2) is 48.5 Å². The fourth-order valence-electron chi connectivity index (χ4n) is 1.88. The monoisotopic (exact) mass is 335 g/mol. The average molecular weight is 336 g/mol. The molecule has 0 spiro atoms. The number of hydrogen-bond donors (Lipinski definition) is 1. The van der Waals surface area contributed by atoms with Crippen molar-refractivity contribution < 1.29 is 18.7 Å². The SMILES string of the molecule is O=C(COC(=O)CCc1ccc(F)cc1)Nc1cccc(Cl)c1. The van der Waals surface area contributed by atoms with Crippen molar-refractivity contribution in [1.29, 1.82) is 0 Å². The summed E-state index contributed by atoms with van der Waals surface area (Å²) < 4.78 is 17.6. The molecule has 0 unspecified atom stereocenters. The molecule has 0 saturated heterocycles. The molecule has 120 valence electrons. The minimum absolute atomic E-state index is 0.121. The van der Waals surface area contributed by atoms with Crippen LogP contribution in [-0.4, -0.2) is 18.5 Å². The first kappa shape index (κ1) is 17.0. The Kier molecular flexibility index (Phi) is 6.11. The first-order chi connectivity index (χ1) is 11.0. The number of ether oxygens (including phenoxy) is 1. The fourth-order valence-corrected chi connectivity index (χ4v) is 2.07. The van der Waals surface area contributed by atoms with E-state index >= 15 is 0 Å². The Morgan fingerprint density at radius 2 is 1.87 bits per heavy atom. The molecule has 1 N–H and O–H groups in total. The molecule has 0 aliphatic carbocycles. The van der Waals surface area contributed by atoms with E-state index in [4.69, 9.17) is 16.3 Å². The standard InChI is InChI=1S/C17H15ClFNO3/c18-13-2-1-3-15(10-13)20-16(21)11-23-17(22)9-6-12-4-7-14(19)8-5-12/h1-5,7-8,10H,6,9,11H2,(H,20,21). The van der Waals surface area contributed by atoms with Crippen molar-refractivity contribution in [3.05, 3.63) is 64.9 Å². The molecule has 23 heavy (non-hydrogen) atoms. The fraction of sp³-hybridized carbons (Fsp3) is 0.176. The van der Waals surface area contributed by atoms with Gasteiger partial charge in [0.25, 0.3) is 5.91 Å². The molecule has 0 radical (unpaired) electrons. The van der Waals surface area contributed by atoms with Crippen molar-refractivity contribution in [2.45, 2.75) is 12.8 Å². The maximum Gasteiger partial charge on any atom is 0.306 e. The second-order valence-corrected chi connectivity index (χ2v) is 5.28. The van der Waals surface area contributed by atoms with E-state index in [1.807, 2.05) is 0 Å². The second kappa shape index (κ2) is 8.29. The highest BCUT2D eigenvalue weighted by Crippen LogP contribution is 2.14. The van der Waals surface area contributed by atoms with Crippen molar-refractivity contribution in [2.24, 2.45) is 0 Å². The van der Waals surface area contributed by atoms with E-state index in [1.165, 1.54) is 12.1 Å². The third-order valence-electron chi connectivity index (χ3n) is 3.00. The number of nitrogens with one attached hydrogen (secondary N) is 1. The molecular weight excluding hydrogens is 321 g/mol. The van der Waals surface area contributed by atoms with Crippen LogP contribution >= 0.6 is 11.6 Å². The van der Waals surface area contributed by atoms with Gasteiger partial charge < -0.3 is 10.1 Å². The van der Waals surface area contributed by atoms with Crippen molar-refractivity contribution >= 4 is 29.2 Å². The average Bonchev–Trinajstić information content (AvgIpc) is 2.52. The van der Waals surface area contributed by atoms with Crippen LogP contribution < -0.4 is 5.32 Å². The van der Waals surface area contributed by atoms with Gasteiger partial charge in [0.05, 0.1) is 0 Å². The van der Waals surface area contributed by atoms with Crippen molar-refractivity contribution in [3.63, 3.8) is 0 Å². The third kappa shape index (κ3) is 6.08. The van der Waals surface area contributed by atoms with E-state index in [0.29, 0.717) is 17.1 Å². The van der Waals surface area contributed by atoms with Gasteiger partial charge in [-0.1, -0.05) is 29.8 Å². The lowest BCUT2D eigenvalue weighted by Gasteiger charge is -2.07. The summed E-state index contributed by atoms with van der Waals surface area (Å²) in [5.74, 6) is -1.26. The third-order valence-corrected chi connectivity index (χ3v) is 3.24. The van der Waals surface area contributed by atoms with E-state index in [-0.39, 0.29) is 18.8 Å². The molecule has 0 fully saturated rings. The maximum atomic E-state index is 12.8. The van der Waals surface area contributed by atoms with Crippen molar-refractivity contribution in [1.82, 2.24) is 0 Å². The van der Waals surface area contributed by atoms with Crippen LogP contribution in [0.1, 0.15) is 12.0 Å². The number of rotatable bonds is 6. The van der Waals surface area contributed by atoms with Gasteiger partial charge in [-0.25, -0.2) is 4.39 Å². The van der Waals surface area contributed by atoms with Crippen LogP contribution in [0.5, 0.6) is 0 Å². The number of hydrogen-bond acceptors (Lipinski definition) is 3. The molecular formula is C17H15ClFNO3. The summed E-state index contributed by atoms with van der Waals surface area (Å²) in [6, 6.07) is 12.5. The number of anilines is 1. The molecule has 0 aromatic heterocycles. The van der Waals surface area contributed by atoms with E-state index in [0.717, 1.165) is 5.56 Å². The highest BCUT2D eigenvalue weighted by atomic mass is 35.5. The van der Waals surface area contributed by atoms with E-state index < -0.39 is 11.9 Å². The second-order valence-electron chi connectivity index (χ2n) is 4.85. The molecule has 1 amide bonds. The van der Waals surface area contributed by atoms with Crippen molar-refractivity contribution in [3.8, 4) is 0 Å². The number of halogens is 2. The van der Waals surface area contributed by atoms with Crippen LogP contribution in [0.3, 0.4) is 0 Å². The van der Waals surface area contributed by atoms with Gasteiger partial charge in [0, 0.05) is 17.1 Å². The zero-order valence-corrected chi connectivity index (χ0v) is 13.0. The summed E-state index contributed by atoms with van der Waals surface area (Å²) in [5.41, 5.74) is 1.36. The summed E-state index contributed by atoms with van der Waals surface area (Å²) >= 11 is 5.80. The summed E-state index contributed by atoms with van der Waals surface area (Å²) in [6.07, 6.45) is 0.547. The first-order valence-corrected chi connectivity index (χ1v) is 7.36. The van der Waals surface area contributed by atoms with Crippen molar-refractivity contribution in [2.75, 3.05) is 11.9 Å². The zero-order chi connectivity index (χ0) is 16.7. The predicted molar refractivity (Wildman–Crippen MR) is 85.8 cm³/mol. The number of esters is 1. The minimum atomic E-state index is -0.490. The number of carbonyl (C=O) groups is 2. The number of aryl methyl sites for hydroxylation is 1. The predicted octanol–water partition coefficient (Wildman–Crippen LogP) is 3.59. The Balaban J connectivity index is 1.71. The van der Waals surface area contributed by atoms with Gasteiger partial charge in [-0.15, -0.1) is 0 Å². The number of amides is 1. The van der Waals surface area contributed by atoms with Gasteiger partial charge in [-0.3, -0.25) is 9.59 Å². The van der Waals surface area contributed by atoms with Gasteiger partial charge in [-0.05, 0) is 42.3 Å². The van der Waals surface area contributed by atoms with E-state index in [1.54, 1.807) is 36.4 Å². The summed E-state index contributed by atoms with van der Waals surface area (Å²) in [7, 11) is 0. The van der Waals surface area contributed by atoms with Crippen LogP contribution in [0, 0.1) is 5.82 Å².